The molecule has 1 saturated heterocycles. The summed E-state index contributed by atoms with van der Waals surface area (Å²) < 4.78 is 5.91. The van der Waals surface area contributed by atoms with Gasteiger partial charge in [-0.2, -0.15) is 0 Å². The van der Waals surface area contributed by atoms with Gasteiger partial charge in [-0.05, 0) is 53.1 Å². The first kappa shape index (κ1) is 11.4. The van der Waals surface area contributed by atoms with Crippen molar-refractivity contribution in [1.82, 2.24) is 4.90 Å². The van der Waals surface area contributed by atoms with Gasteiger partial charge in [0.15, 0.2) is 0 Å². The summed E-state index contributed by atoms with van der Waals surface area (Å²) in [7, 11) is 2.29. The average molecular weight is 211 g/mol. The van der Waals surface area contributed by atoms with Crippen LogP contribution in [-0.4, -0.2) is 37.2 Å². The van der Waals surface area contributed by atoms with Gasteiger partial charge in [-0.15, -0.1) is 0 Å². The number of hydrogen-bond acceptors (Lipinski definition) is 2. The SMILES string of the molecule is CC(C)OCC12CCCC1N(C)CCC2. The number of rotatable bonds is 3. The second kappa shape index (κ2) is 4.42. The zero-order chi connectivity index (χ0) is 10.9. The van der Waals surface area contributed by atoms with Crippen LogP contribution in [0.25, 0.3) is 0 Å². The summed E-state index contributed by atoms with van der Waals surface area (Å²) in [6.45, 7) is 6.56. The summed E-state index contributed by atoms with van der Waals surface area (Å²) in [5, 5.41) is 0. The Labute approximate surface area is 94.0 Å². The van der Waals surface area contributed by atoms with E-state index >= 15 is 0 Å². The summed E-state index contributed by atoms with van der Waals surface area (Å²) in [4.78, 5) is 2.57. The van der Waals surface area contributed by atoms with Crippen LogP contribution in [0, 0.1) is 5.41 Å². The smallest absolute Gasteiger partial charge is 0.0540 e. The van der Waals surface area contributed by atoms with Gasteiger partial charge in [0, 0.05) is 11.5 Å². The molecule has 88 valence electrons. The largest absolute Gasteiger partial charge is 0.378 e. The van der Waals surface area contributed by atoms with Crippen LogP contribution in [0.2, 0.25) is 0 Å². The molecule has 0 spiro atoms. The predicted octanol–water partition coefficient (Wildman–Crippen LogP) is 2.68. The van der Waals surface area contributed by atoms with Crippen molar-refractivity contribution in [3.05, 3.63) is 0 Å². The van der Waals surface area contributed by atoms with Crippen molar-refractivity contribution >= 4 is 0 Å². The number of ether oxygens (including phenoxy) is 1. The number of hydrogen-bond donors (Lipinski definition) is 0. The van der Waals surface area contributed by atoms with E-state index in [-0.39, 0.29) is 0 Å². The Morgan fingerprint density at radius 3 is 2.80 bits per heavy atom. The maximum absolute atomic E-state index is 5.91. The molecule has 0 N–H and O–H groups in total. The van der Waals surface area contributed by atoms with E-state index < -0.39 is 0 Å². The van der Waals surface area contributed by atoms with Gasteiger partial charge < -0.3 is 9.64 Å². The van der Waals surface area contributed by atoms with Crippen molar-refractivity contribution in [2.45, 2.75) is 58.1 Å². The Bertz CT molecular complexity index is 217. The van der Waals surface area contributed by atoms with Crippen molar-refractivity contribution in [1.29, 1.82) is 0 Å². The zero-order valence-corrected chi connectivity index (χ0v) is 10.5. The van der Waals surface area contributed by atoms with Crippen LogP contribution in [0.5, 0.6) is 0 Å². The Morgan fingerprint density at radius 2 is 2.07 bits per heavy atom. The van der Waals surface area contributed by atoms with Gasteiger partial charge in [-0.1, -0.05) is 6.42 Å². The minimum Gasteiger partial charge on any atom is -0.378 e. The highest BCUT2D eigenvalue weighted by atomic mass is 16.5. The lowest BCUT2D eigenvalue weighted by Gasteiger charge is -2.45. The van der Waals surface area contributed by atoms with E-state index in [1.807, 2.05) is 0 Å². The fraction of sp³-hybridized carbons (Fsp3) is 1.00. The maximum atomic E-state index is 5.91. The molecular formula is C13H25NO. The van der Waals surface area contributed by atoms with Crippen LogP contribution in [0.15, 0.2) is 0 Å². The highest BCUT2D eigenvalue weighted by Gasteiger charge is 2.46. The molecule has 0 aromatic rings. The second-order valence-corrected chi connectivity index (χ2v) is 5.71. The van der Waals surface area contributed by atoms with E-state index in [1.165, 1.54) is 38.6 Å². The number of likely N-dealkylation sites (tertiary alicyclic amines) is 1. The standard InChI is InChI=1S/C13H25NO/c1-11(2)15-10-13-7-4-6-12(13)14(3)9-5-8-13/h11-12H,4-10H2,1-3H3. The van der Waals surface area contributed by atoms with E-state index in [9.17, 15) is 0 Å². The number of nitrogens with zero attached hydrogens (tertiary/aromatic N) is 1. The van der Waals surface area contributed by atoms with Crippen molar-refractivity contribution in [3.8, 4) is 0 Å². The fourth-order valence-corrected chi connectivity index (χ4v) is 3.51. The molecule has 0 bridgehead atoms. The molecule has 2 unspecified atom stereocenters. The first-order chi connectivity index (χ1) is 7.14. The third kappa shape index (κ3) is 2.21. The van der Waals surface area contributed by atoms with Gasteiger partial charge in [0.1, 0.15) is 0 Å². The number of fused-ring (bicyclic) bond motifs is 1. The van der Waals surface area contributed by atoms with Gasteiger partial charge in [0.2, 0.25) is 0 Å². The van der Waals surface area contributed by atoms with E-state index in [0.29, 0.717) is 11.5 Å². The quantitative estimate of drug-likeness (QED) is 0.711. The van der Waals surface area contributed by atoms with Gasteiger partial charge in [0.25, 0.3) is 0 Å². The van der Waals surface area contributed by atoms with E-state index in [0.717, 1.165) is 12.6 Å². The Morgan fingerprint density at radius 1 is 1.33 bits per heavy atom. The van der Waals surface area contributed by atoms with Gasteiger partial charge in [0.05, 0.1) is 12.7 Å². The lowest BCUT2D eigenvalue weighted by molar-refractivity contribution is -0.0462. The highest BCUT2D eigenvalue weighted by Crippen LogP contribution is 2.47. The molecule has 1 heterocycles. The van der Waals surface area contributed by atoms with E-state index in [2.05, 4.69) is 25.8 Å². The maximum Gasteiger partial charge on any atom is 0.0540 e. The lowest BCUT2D eigenvalue weighted by Crippen LogP contribution is -2.49. The van der Waals surface area contributed by atoms with Crippen LogP contribution in [-0.2, 0) is 4.74 Å². The molecule has 0 aromatic carbocycles. The Hall–Kier alpha value is -0.0800. The van der Waals surface area contributed by atoms with Crippen molar-refractivity contribution in [3.63, 3.8) is 0 Å². The van der Waals surface area contributed by atoms with E-state index in [4.69, 9.17) is 4.74 Å². The van der Waals surface area contributed by atoms with Crippen LogP contribution in [0.4, 0.5) is 0 Å². The molecule has 2 atom stereocenters. The molecule has 15 heavy (non-hydrogen) atoms. The van der Waals surface area contributed by atoms with Gasteiger partial charge in [-0.3, -0.25) is 0 Å². The summed E-state index contributed by atoms with van der Waals surface area (Å²) in [5.74, 6) is 0. The summed E-state index contributed by atoms with van der Waals surface area (Å²) in [6.07, 6.45) is 7.29. The minimum absolute atomic E-state index is 0.382. The van der Waals surface area contributed by atoms with Crippen LogP contribution in [0.3, 0.4) is 0 Å². The van der Waals surface area contributed by atoms with E-state index in [1.54, 1.807) is 0 Å². The highest BCUT2D eigenvalue weighted by molar-refractivity contribution is 4.99. The molecule has 2 heteroatoms. The first-order valence-electron chi connectivity index (χ1n) is 6.46. The molecule has 1 aliphatic carbocycles. The molecule has 0 radical (unpaired) electrons. The Balaban J connectivity index is 2.02. The topological polar surface area (TPSA) is 12.5 Å². The molecule has 1 saturated carbocycles. The summed E-state index contributed by atoms with van der Waals surface area (Å²) in [5.41, 5.74) is 0.497. The predicted molar refractivity (Wildman–Crippen MR) is 63.0 cm³/mol. The zero-order valence-electron chi connectivity index (χ0n) is 10.5. The van der Waals surface area contributed by atoms with Crippen LogP contribution >= 0.6 is 0 Å². The van der Waals surface area contributed by atoms with Gasteiger partial charge >= 0.3 is 0 Å². The molecular weight excluding hydrogens is 186 g/mol. The van der Waals surface area contributed by atoms with Gasteiger partial charge in [-0.25, -0.2) is 0 Å². The average Bonchev–Trinajstić information content (AvgIpc) is 2.61. The summed E-state index contributed by atoms with van der Waals surface area (Å²) >= 11 is 0. The molecule has 1 aliphatic heterocycles. The second-order valence-electron chi connectivity index (χ2n) is 5.71. The van der Waals surface area contributed by atoms with Crippen molar-refractivity contribution < 1.29 is 4.74 Å². The first-order valence-corrected chi connectivity index (χ1v) is 6.46. The number of piperidine rings is 1. The lowest BCUT2D eigenvalue weighted by atomic mass is 9.76. The van der Waals surface area contributed by atoms with Crippen LogP contribution in [0.1, 0.15) is 46.0 Å². The van der Waals surface area contributed by atoms with Crippen molar-refractivity contribution in [2.24, 2.45) is 5.41 Å². The van der Waals surface area contributed by atoms with Crippen LogP contribution < -0.4 is 0 Å². The molecule has 0 amide bonds. The molecule has 2 fully saturated rings. The van der Waals surface area contributed by atoms with Crippen molar-refractivity contribution in [2.75, 3.05) is 20.2 Å². The third-order valence-electron chi connectivity index (χ3n) is 4.28. The Kier molecular flexibility index (Phi) is 3.36. The molecule has 2 nitrogen and oxygen atoms in total. The molecule has 0 aromatic heterocycles. The molecule has 2 aliphatic rings. The molecule has 2 rings (SSSR count). The normalized spacial score (nSPS) is 37.2. The fourth-order valence-electron chi connectivity index (χ4n) is 3.51. The minimum atomic E-state index is 0.382. The third-order valence-corrected chi connectivity index (χ3v) is 4.28. The monoisotopic (exact) mass is 211 g/mol. The summed E-state index contributed by atoms with van der Waals surface area (Å²) in [6, 6.07) is 0.796.